The van der Waals surface area contributed by atoms with E-state index in [4.69, 9.17) is 0 Å². The summed E-state index contributed by atoms with van der Waals surface area (Å²) < 4.78 is 14.5. The molecule has 2 fully saturated rings. The van der Waals surface area contributed by atoms with Gasteiger partial charge in [0.05, 0.1) is 23.8 Å². The summed E-state index contributed by atoms with van der Waals surface area (Å²) in [7, 11) is 0. The SMILES string of the molecule is CC12CCC(C)(CC(CNc3ccc(-c4ccc(-n5cc(F)cn5)cc4O)nn3)C1)N2. The highest BCUT2D eigenvalue weighted by molar-refractivity contribution is 5.68. The van der Waals surface area contributed by atoms with Crippen molar-refractivity contribution in [2.75, 3.05) is 11.9 Å². The molecule has 2 aliphatic rings. The number of anilines is 1. The van der Waals surface area contributed by atoms with E-state index in [1.807, 2.05) is 12.1 Å². The Morgan fingerprint density at radius 2 is 1.94 bits per heavy atom. The summed E-state index contributed by atoms with van der Waals surface area (Å²) in [5.74, 6) is 0.935. The molecule has 2 unspecified atom stereocenters. The second kappa shape index (κ2) is 7.30. The molecular formula is C23H27FN6O. The van der Waals surface area contributed by atoms with Crippen LogP contribution in [0.25, 0.3) is 16.9 Å². The lowest BCUT2D eigenvalue weighted by atomic mass is 9.80. The fourth-order valence-corrected chi connectivity index (χ4v) is 5.34. The van der Waals surface area contributed by atoms with Crippen molar-refractivity contribution < 1.29 is 9.50 Å². The summed E-state index contributed by atoms with van der Waals surface area (Å²) in [5.41, 5.74) is 2.20. The van der Waals surface area contributed by atoms with Gasteiger partial charge in [-0.25, -0.2) is 9.07 Å². The van der Waals surface area contributed by atoms with Crippen LogP contribution in [0.5, 0.6) is 5.75 Å². The lowest BCUT2D eigenvalue weighted by Gasteiger charge is -2.42. The molecule has 0 spiro atoms. The topological polar surface area (TPSA) is 87.9 Å². The highest BCUT2D eigenvalue weighted by Gasteiger charge is 2.48. The van der Waals surface area contributed by atoms with E-state index >= 15 is 0 Å². The molecule has 3 N–H and O–H groups in total. The molecule has 4 heterocycles. The van der Waals surface area contributed by atoms with E-state index in [0.717, 1.165) is 18.6 Å². The average Bonchev–Trinajstić information content (AvgIpc) is 3.26. The first-order chi connectivity index (χ1) is 14.8. The van der Waals surface area contributed by atoms with Crippen molar-refractivity contribution in [3.8, 4) is 22.7 Å². The summed E-state index contributed by atoms with van der Waals surface area (Å²) >= 11 is 0. The Balaban J connectivity index is 1.25. The van der Waals surface area contributed by atoms with Crippen molar-refractivity contribution >= 4 is 5.82 Å². The van der Waals surface area contributed by atoms with Crippen molar-refractivity contribution in [3.05, 3.63) is 48.5 Å². The number of hydrogen-bond donors (Lipinski definition) is 3. The molecule has 5 rings (SSSR count). The van der Waals surface area contributed by atoms with Gasteiger partial charge < -0.3 is 15.7 Å². The van der Waals surface area contributed by atoms with Crippen LogP contribution in [0.15, 0.2) is 42.7 Å². The van der Waals surface area contributed by atoms with Crippen LogP contribution in [-0.4, -0.2) is 42.7 Å². The highest BCUT2D eigenvalue weighted by atomic mass is 19.1. The highest BCUT2D eigenvalue weighted by Crippen LogP contribution is 2.44. The number of nitrogens with zero attached hydrogens (tertiary/aromatic N) is 4. The van der Waals surface area contributed by atoms with Crippen LogP contribution in [-0.2, 0) is 0 Å². The monoisotopic (exact) mass is 422 g/mol. The standard InChI is InChI=1S/C23H27FN6O/c1-22-7-8-23(2,29-22)11-15(10-22)12-25-21-6-5-19(27-28-21)18-4-3-17(9-20(18)31)30-14-16(24)13-26-30/h3-6,9,13-15,29,31H,7-8,10-12H2,1-2H3,(H,25,28). The summed E-state index contributed by atoms with van der Waals surface area (Å²) in [4.78, 5) is 0. The number of rotatable bonds is 5. The molecule has 2 aromatic heterocycles. The Morgan fingerprint density at radius 3 is 2.55 bits per heavy atom. The third-order valence-electron chi connectivity index (χ3n) is 6.62. The second-order valence-electron chi connectivity index (χ2n) is 9.51. The van der Waals surface area contributed by atoms with Gasteiger partial charge in [0.1, 0.15) is 11.6 Å². The maximum Gasteiger partial charge on any atom is 0.161 e. The molecule has 0 radical (unpaired) electrons. The zero-order valence-electron chi connectivity index (χ0n) is 17.8. The molecule has 2 saturated heterocycles. The van der Waals surface area contributed by atoms with E-state index in [1.54, 1.807) is 12.1 Å². The largest absolute Gasteiger partial charge is 0.507 e. The number of aromatic hydroxyl groups is 1. The fourth-order valence-electron chi connectivity index (χ4n) is 5.34. The van der Waals surface area contributed by atoms with Gasteiger partial charge in [-0.15, -0.1) is 10.2 Å². The van der Waals surface area contributed by atoms with Crippen molar-refractivity contribution in [2.24, 2.45) is 5.92 Å². The van der Waals surface area contributed by atoms with Crippen LogP contribution in [0.4, 0.5) is 10.2 Å². The molecule has 1 aromatic carbocycles. The van der Waals surface area contributed by atoms with Gasteiger partial charge in [0.25, 0.3) is 0 Å². The molecule has 3 aromatic rings. The number of halogens is 1. The minimum Gasteiger partial charge on any atom is -0.507 e. The third-order valence-corrected chi connectivity index (χ3v) is 6.62. The van der Waals surface area contributed by atoms with E-state index in [9.17, 15) is 9.50 Å². The molecular weight excluding hydrogens is 395 g/mol. The minimum atomic E-state index is -0.433. The summed E-state index contributed by atoms with van der Waals surface area (Å²) in [6, 6.07) is 8.74. The number of nitrogens with one attached hydrogen (secondary N) is 2. The zero-order valence-corrected chi connectivity index (χ0v) is 17.8. The number of fused-ring (bicyclic) bond motifs is 2. The predicted octanol–water partition coefficient (Wildman–Crippen LogP) is 3.90. The average molecular weight is 423 g/mol. The first-order valence-corrected chi connectivity index (χ1v) is 10.7. The van der Waals surface area contributed by atoms with Gasteiger partial charge in [0, 0.05) is 29.3 Å². The minimum absolute atomic E-state index is 0.0371. The maximum absolute atomic E-state index is 13.2. The first kappa shape index (κ1) is 19.9. The molecule has 0 amide bonds. The van der Waals surface area contributed by atoms with Crippen LogP contribution in [0.2, 0.25) is 0 Å². The predicted molar refractivity (Wildman–Crippen MR) is 117 cm³/mol. The Bertz CT molecular complexity index is 1080. The number of hydrogen-bond acceptors (Lipinski definition) is 6. The quantitative estimate of drug-likeness (QED) is 0.578. The van der Waals surface area contributed by atoms with E-state index in [-0.39, 0.29) is 16.8 Å². The Hall–Kier alpha value is -3.00. The summed E-state index contributed by atoms with van der Waals surface area (Å²) in [5, 5.41) is 30.2. The van der Waals surface area contributed by atoms with Crippen molar-refractivity contribution in [2.45, 2.75) is 50.6 Å². The lowest BCUT2D eigenvalue weighted by molar-refractivity contribution is 0.178. The molecule has 0 saturated carbocycles. The van der Waals surface area contributed by atoms with Gasteiger partial charge in [-0.1, -0.05) is 0 Å². The van der Waals surface area contributed by atoms with Crippen molar-refractivity contribution in [1.82, 2.24) is 25.3 Å². The van der Waals surface area contributed by atoms with Gasteiger partial charge in [-0.2, -0.15) is 5.10 Å². The fraction of sp³-hybridized carbons (Fsp3) is 0.435. The second-order valence-corrected chi connectivity index (χ2v) is 9.51. The molecule has 0 aliphatic carbocycles. The Kier molecular flexibility index (Phi) is 4.69. The molecule has 7 nitrogen and oxygen atoms in total. The summed E-state index contributed by atoms with van der Waals surface area (Å²) in [6.45, 7) is 5.54. The van der Waals surface area contributed by atoms with Gasteiger partial charge in [0.2, 0.25) is 0 Å². The Morgan fingerprint density at radius 1 is 1.16 bits per heavy atom. The number of piperidine rings is 1. The van der Waals surface area contributed by atoms with E-state index in [2.05, 4.69) is 39.8 Å². The number of phenols is 1. The Labute approximate surface area is 180 Å². The van der Waals surface area contributed by atoms with Crippen LogP contribution in [0.1, 0.15) is 39.5 Å². The van der Waals surface area contributed by atoms with Gasteiger partial charge in [-0.3, -0.25) is 0 Å². The summed E-state index contributed by atoms with van der Waals surface area (Å²) in [6.07, 6.45) is 7.20. The van der Waals surface area contributed by atoms with Crippen molar-refractivity contribution in [3.63, 3.8) is 0 Å². The zero-order chi connectivity index (χ0) is 21.6. The normalized spacial score (nSPS) is 27.4. The smallest absolute Gasteiger partial charge is 0.161 e. The van der Waals surface area contributed by atoms with Gasteiger partial charge >= 0.3 is 0 Å². The van der Waals surface area contributed by atoms with E-state index in [0.29, 0.717) is 22.9 Å². The van der Waals surface area contributed by atoms with Crippen LogP contribution in [0, 0.1) is 11.7 Å². The van der Waals surface area contributed by atoms with Crippen LogP contribution < -0.4 is 10.6 Å². The van der Waals surface area contributed by atoms with Gasteiger partial charge in [0.15, 0.2) is 5.82 Å². The maximum atomic E-state index is 13.2. The van der Waals surface area contributed by atoms with Crippen LogP contribution >= 0.6 is 0 Å². The molecule has 31 heavy (non-hydrogen) atoms. The first-order valence-electron chi connectivity index (χ1n) is 10.7. The van der Waals surface area contributed by atoms with Gasteiger partial charge in [-0.05, 0) is 69.7 Å². The lowest BCUT2D eigenvalue weighted by Crippen LogP contribution is -2.54. The molecule has 2 bridgehead atoms. The number of aromatic nitrogens is 4. The number of phenolic OH excluding ortho intramolecular Hbond substituents is 1. The molecule has 8 heteroatoms. The molecule has 162 valence electrons. The molecule has 2 aliphatic heterocycles. The molecule has 2 atom stereocenters. The third kappa shape index (κ3) is 3.99. The van der Waals surface area contributed by atoms with E-state index in [1.165, 1.54) is 42.6 Å². The number of benzene rings is 1. The van der Waals surface area contributed by atoms with E-state index < -0.39 is 5.82 Å². The van der Waals surface area contributed by atoms with Crippen LogP contribution in [0.3, 0.4) is 0 Å². The van der Waals surface area contributed by atoms with Crippen molar-refractivity contribution in [1.29, 1.82) is 0 Å².